The maximum atomic E-state index is 13.6. The second-order valence-corrected chi connectivity index (χ2v) is 17.6. The van der Waals surface area contributed by atoms with Gasteiger partial charge in [0, 0.05) is 0 Å². The topological polar surface area (TPSA) is 239 Å². The molecule has 18 heteroatoms. The van der Waals surface area contributed by atoms with Gasteiger partial charge in [0.2, 0.25) is 35.4 Å². The summed E-state index contributed by atoms with van der Waals surface area (Å²) in [5, 5.41) is 18.3. The number of carbonyl (C=O) groups is 8. The molecule has 56 heavy (non-hydrogen) atoms. The van der Waals surface area contributed by atoms with Crippen LogP contribution in [0.1, 0.15) is 109 Å². The molecule has 17 nitrogen and oxygen atoms in total. The third kappa shape index (κ3) is 19.7. The Labute approximate surface area is 337 Å². The van der Waals surface area contributed by atoms with Gasteiger partial charge in [0.15, 0.2) is 0 Å². The molecule has 0 heterocycles. The lowest BCUT2D eigenvalue weighted by atomic mass is 9.97. The molecule has 0 aliphatic carbocycles. The van der Waals surface area contributed by atoms with Gasteiger partial charge in [0.05, 0.1) is 7.11 Å². The molecule has 0 aromatic carbocycles. The Morgan fingerprint density at radius 2 is 1.07 bits per heavy atom. The Hall–Kier alpha value is -4.09. The summed E-state index contributed by atoms with van der Waals surface area (Å²) >= 11 is 1.48. The van der Waals surface area contributed by atoms with E-state index in [2.05, 4.69) is 37.2 Å². The van der Waals surface area contributed by atoms with Crippen molar-refractivity contribution in [3.05, 3.63) is 0 Å². The maximum absolute atomic E-state index is 13.6. The SMILES string of the molecule is COC(=O)[C@H](CC(C)C)NC(=O)[C@H](C)NC(=O)[C@@H](NC(=O)C(C)(C)NC(=O)[C@H](CC(C)C)NC(=O)[C@H](C)NC(=O)[C@H](CCSC)NC(=O)OC(C)(C)C)C(C)C. The lowest BCUT2D eigenvalue weighted by Crippen LogP contribution is -2.63. The maximum Gasteiger partial charge on any atom is 0.408 e. The Balaban J connectivity index is 5.76. The number of hydrogen-bond acceptors (Lipinski definition) is 11. The Morgan fingerprint density at radius 1 is 0.589 bits per heavy atom. The second-order valence-electron chi connectivity index (χ2n) is 16.7. The summed E-state index contributed by atoms with van der Waals surface area (Å²) in [5.74, 6) is -4.42. The molecule has 7 amide bonds. The molecule has 0 aromatic rings. The van der Waals surface area contributed by atoms with E-state index < -0.39 is 101 Å². The fraction of sp³-hybridized carbons (Fsp3) is 0.789. The highest BCUT2D eigenvalue weighted by molar-refractivity contribution is 7.98. The van der Waals surface area contributed by atoms with Crippen molar-refractivity contribution in [2.45, 2.75) is 157 Å². The molecule has 0 aliphatic rings. The number of methoxy groups -OCH3 is 1. The minimum atomic E-state index is -1.57. The molecule has 322 valence electrons. The standard InChI is InChI=1S/C38H69N7O10S/c1-20(2)18-26(41-29(46)23(7)39-31(48)25(16-17-56-15)43-36(53)55-37(9,10)11)32(49)45-38(12,13)35(52)44-28(22(5)6)33(50)40-24(8)30(47)42-27(19-21(3)4)34(51)54-14/h20-28H,16-19H2,1-15H3,(H,39,48)(H,40,50)(H,41,46)(H,42,47)(H,43,53)(H,44,52)(H,45,49)/t23-,24-,25-,26-,27-,28-/m0/s1. The van der Waals surface area contributed by atoms with Crippen molar-refractivity contribution in [3.8, 4) is 0 Å². The Bertz CT molecular complexity index is 1370. The van der Waals surface area contributed by atoms with Crippen LogP contribution in [0.5, 0.6) is 0 Å². The van der Waals surface area contributed by atoms with Gasteiger partial charge in [-0.1, -0.05) is 41.5 Å². The first-order valence-corrected chi connectivity index (χ1v) is 20.5. The average Bonchev–Trinajstić information content (AvgIpc) is 3.05. The molecule has 0 saturated heterocycles. The lowest BCUT2D eigenvalue weighted by molar-refractivity contribution is -0.145. The number of nitrogens with one attached hydrogen (secondary N) is 7. The van der Waals surface area contributed by atoms with Gasteiger partial charge in [-0.05, 0) is 97.5 Å². The highest BCUT2D eigenvalue weighted by Gasteiger charge is 2.37. The molecule has 0 aliphatic heterocycles. The van der Waals surface area contributed by atoms with Gasteiger partial charge >= 0.3 is 12.1 Å². The van der Waals surface area contributed by atoms with Crippen molar-refractivity contribution in [1.82, 2.24) is 37.2 Å². The van der Waals surface area contributed by atoms with Gasteiger partial charge in [0.25, 0.3) is 0 Å². The van der Waals surface area contributed by atoms with Crippen molar-refractivity contribution in [2.75, 3.05) is 19.1 Å². The molecule has 0 fully saturated rings. The van der Waals surface area contributed by atoms with Crippen LogP contribution in [-0.4, -0.2) is 114 Å². The van der Waals surface area contributed by atoms with Gasteiger partial charge < -0.3 is 46.7 Å². The molecular formula is C38H69N7O10S. The number of alkyl carbamates (subject to hydrolysis) is 1. The van der Waals surface area contributed by atoms with E-state index in [0.29, 0.717) is 12.2 Å². The van der Waals surface area contributed by atoms with Crippen molar-refractivity contribution >= 4 is 59.3 Å². The third-order valence-electron chi connectivity index (χ3n) is 8.21. The summed E-state index contributed by atoms with van der Waals surface area (Å²) in [4.78, 5) is 104. The number of ether oxygens (including phenoxy) is 2. The van der Waals surface area contributed by atoms with Gasteiger partial charge in [-0.25, -0.2) is 9.59 Å². The van der Waals surface area contributed by atoms with E-state index in [1.54, 1.807) is 34.6 Å². The van der Waals surface area contributed by atoms with Crippen LogP contribution < -0.4 is 37.2 Å². The molecule has 0 aromatic heterocycles. The summed E-state index contributed by atoms with van der Waals surface area (Å²) in [6.45, 7) is 21.7. The zero-order valence-corrected chi connectivity index (χ0v) is 36.8. The number of rotatable bonds is 22. The van der Waals surface area contributed by atoms with E-state index in [4.69, 9.17) is 9.47 Å². The summed E-state index contributed by atoms with van der Waals surface area (Å²) < 4.78 is 10.1. The summed E-state index contributed by atoms with van der Waals surface area (Å²) in [6.07, 6.45) is 1.88. The van der Waals surface area contributed by atoms with E-state index in [1.165, 1.54) is 46.6 Å². The highest BCUT2D eigenvalue weighted by atomic mass is 32.2. The first-order valence-electron chi connectivity index (χ1n) is 19.1. The quantitative estimate of drug-likeness (QED) is 0.0780. The number of carbonyl (C=O) groups excluding carboxylic acids is 8. The zero-order valence-electron chi connectivity index (χ0n) is 36.0. The van der Waals surface area contributed by atoms with E-state index in [9.17, 15) is 38.4 Å². The molecule has 0 bridgehead atoms. The van der Waals surface area contributed by atoms with Gasteiger partial charge in [0.1, 0.15) is 47.4 Å². The molecule has 7 N–H and O–H groups in total. The monoisotopic (exact) mass is 815 g/mol. The highest BCUT2D eigenvalue weighted by Crippen LogP contribution is 2.13. The third-order valence-corrected chi connectivity index (χ3v) is 8.85. The van der Waals surface area contributed by atoms with Crippen LogP contribution in [0.25, 0.3) is 0 Å². The van der Waals surface area contributed by atoms with E-state index in [1.807, 2.05) is 34.0 Å². The fourth-order valence-corrected chi connectivity index (χ4v) is 5.61. The van der Waals surface area contributed by atoms with Crippen molar-refractivity contribution in [1.29, 1.82) is 0 Å². The van der Waals surface area contributed by atoms with Crippen molar-refractivity contribution < 1.29 is 47.8 Å². The molecule has 0 spiro atoms. The zero-order chi connectivity index (χ0) is 43.7. The van der Waals surface area contributed by atoms with Crippen LogP contribution in [0, 0.1) is 17.8 Å². The average molecular weight is 816 g/mol. The van der Waals surface area contributed by atoms with Gasteiger partial charge in [-0.2, -0.15) is 11.8 Å². The van der Waals surface area contributed by atoms with Crippen LogP contribution in [0.15, 0.2) is 0 Å². The molecule has 6 atom stereocenters. The normalized spacial score (nSPS) is 15.0. The van der Waals surface area contributed by atoms with Crippen molar-refractivity contribution in [2.24, 2.45) is 17.8 Å². The Morgan fingerprint density at radius 3 is 1.52 bits per heavy atom. The minimum absolute atomic E-state index is 0.0664. The van der Waals surface area contributed by atoms with Gasteiger partial charge in [-0.15, -0.1) is 0 Å². The first-order chi connectivity index (χ1) is 25.6. The second kappa shape index (κ2) is 23.9. The molecular weight excluding hydrogens is 747 g/mol. The van der Waals surface area contributed by atoms with Crippen LogP contribution in [0.3, 0.4) is 0 Å². The van der Waals surface area contributed by atoms with Crippen molar-refractivity contribution in [3.63, 3.8) is 0 Å². The molecule has 0 unspecified atom stereocenters. The number of hydrogen-bond donors (Lipinski definition) is 7. The van der Waals surface area contributed by atoms with Crippen LogP contribution >= 0.6 is 11.8 Å². The van der Waals surface area contributed by atoms with E-state index in [-0.39, 0.29) is 24.7 Å². The van der Waals surface area contributed by atoms with Gasteiger partial charge in [-0.3, -0.25) is 28.8 Å². The molecule has 0 radical (unpaired) electrons. The first kappa shape index (κ1) is 51.9. The lowest BCUT2D eigenvalue weighted by Gasteiger charge is -2.32. The molecule has 0 rings (SSSR count). The van der Waals surface area contributed by atoms with Crippen LogP contribution in [-0.2, 0) is 43.0 Å². The van der Waals surface area contributed by atoms with Crippen LogP contribution in [0.2, 0.25) is 0 Å². The predicted octanol–water partition coefficient (Wildman–Crippen LogP) is 1.91. The number of thioether (sulfide) groups is 1. The molecule has 0 saturated carbocycles. The summed E-state index contributed by atoms with van der Waals surface area (Å²) in [7, 11) is 1.22. The number of esters is 1. The smallest absolute Gasteiger partial charge is 0.408 e. The number of amides is 7. The predicted molar refractivity (Wildman–Crippen MR) is 215 cm³/mol. The largest absolute Gasteiger partial charge is 0.467 e. The van der Waals surface area contributed by atoms with Crippen LogP contribution in [0.4, 0.5) is 4.79 Å². The minimum Gasteiger partial charge on any atom is -0.467 e. The van der Waals surface area contributed by atoms with E-state index >= 15 is 0 Å². The Kier molecular flexibility index (Phi) is 22.1. The summed E-state index contributed by atoms with van der Waals surface area (Å²) in [6, 6.07) is -6.27. The fourth-order valence-electron chi connectivity index (χ4n) is 5.14. The van der Waals surface area contributed by atoms with E-state index in [0.717, 1.165) is 0 Å². The summed E-state index contributed by atoms with van der Waals surface area (Å²) in [5.41, 5.74) is -2.36.